The highest BCUT2D eigenvalue weighted by Crippen LogP contribution is 2.38. The van der Waals surface area contributed by atoms with E-state index in [9.17, 15) is 9.59 Å². The molecule has 166 valence electrons. The molecule has 0 atom stereocenters. The van der Waals surface area contributed by atoms with E-state index in [2.05, 4.69) is 10.4 Å². The molecule has 7 nitrogen and oxygen atoms in total. The zero-order chi connectivity index (χ0) is 22.0. The first kappa shape index (κ1) is 21.8. The lowest BCUT2D eigenvalue weighted by molar-refractivity contribution is -0.151. The van der Waals surface area contributed by atoms with Gasteiger partial charge in [0.2, 0.25) is 11.8 Å². The minimum Gasteiger partial charge on any atom is -0.381 e. The molecule has 0 bridgehead atoms. The van der Waals surface area contributed by atoms with Crippen LogP contribution in [0.2, 0.25) is 5.02 Å². The molecular weight excluding hydrogens is 416 g/mol. The Morgan fingerprint density at radius 2 is 1.87 bits per heavy atom. The standard InChI is InChI=1S/C23H29ClN4O3/c1-16-20(24)17(2)28(26-16)11-10-25-21(29)18-14-27(15-18)22(30)23(8-12-31-13-9-23)19-6-4-3-5-7-19/h3-7,18H,8-15H2,1-2H3,(H,25,29). The van der Waals surface area contributed by atoms with Gasteiger partial charge in [-0.1, -0.05) is 41.9 Å². The van der Waals surface area contributed by atoms with Crippen molar-refractivity contribution in [1.82, 2.24) is 20.0 Å². The molecule has 2 aromatic rings. The first-order chi connectivity index (χ1) is 14.9. The van der Waals surface area contributed by atoms with E-state index < -0.39 is 5.41 Å². The van der Waals surface area contributed by atoms with Crippen molar-refractivity contribution in [3.05, 3.63) is 52.3 Å². The number of aryl methyl sites for hydroxylation is 1. The number of nitrogens with one attached hydrogen (secondary N) is 1. The van der Waals surface area contributed by atoms with Crippen LogP contribution in [0.4, 0.5) is 0 Å². The molecule has 2 fully saturated rings. The van der Waals surface area contributed by atoms with E-state index in [1.165, 1.54) is 0 Å². The number of nitrogens with zero attached hydrogens (tertiary/aromatic N) is 3. The van der Waals surface area contributed by atoms with E-state index >= 15 is 0 Å². The molecule has 1 aromatic carbocycles. The molecule has 1 aromatic heterocycles. The fourth-order valence-electron chi connectivity index (χ4n) is 4.54. The maximum Gasteiger partial charge on any atom is 0.233 e. The number of ether oxygens (including phenoxy) is 1. The zero-order valence-electron chi connectivity index (χ0n) is 18.1. The van der Waals surface area contributed by atoms with Gasteiger partial charge in [-0.2, -0.15) is 5.10 Å². The number of halogens is 1. The Morgan fingerprint density at radius 1 is 1.19 bits per heavy atom. The second kappa shape index (κ2) is 9.01. The quantitative estimate of drug-likeness (QED) is 0.742. The average molecular weight is 445 g/mol. The summed E-state index contributed by atoms with van der Waals surface area (Å²) in [6.07, 6.45) is 1.35. The average Bonchev–Trinajstić information content (AvgIpc) is 3.00. The van der Waals surface area contributed by atoms with Crippen molar-refractivity contribution >= 4 is 23.4 Å². The second-order valence-electron chi connectivity index (χ2n) is 8.47. The Balaban J connectivity index is 1.31. The summed E-state index contributed by atoms with van der Waals surface area (Å²) in [6, 6.07) is 9.96. The van der Waals surface area contributed by atoms with Crippen LogP contribution in [-0.4, -0.2) is 59.3 Å². The van der Waals surface area contributed by atoms with Crippen LogP contribution in [0.3, 0.4) is 0 Å². The van der Waals surface area contributed by atoms with E-state index in [0.29, 0.717) is 57.3 Å². The summed E-state index contributed by atoms with van der Waals surface area (Å²) in [5.74, 6) is -0.0681. The Labute approximate surface area is 187 Å². The van der Waals surface area contributed by atoms with Crippen molar-refractivity contribution in [2.24, 2.45) is 5.92 Å². The van der Waals surface area contributed by atoms with E-state index in [4.69, 9.17) is 16.3 Å². The second-order valence-corrected chi connectivity index (χ2v) is 8.84. The van der Waals surface area contributed by atoms with E-state index in [-0.39, 0.29) is 17.7 Å². The van der Waals surface area contributed by atoms with Gasteiger partial charge in [-0.15, -0.1) is 0 Å². The Morgan fingerprint density at radius 3 is 2.48 bits per heavy atom. The Bertz CT molecular complexity index is 947. The van der Waals surface area contributed by atoms with Crippen LogP contribution in [-0.2, 0) is 26.3 Å². The maximum absolute atomic E-state index is 13.5. The van der Waals surface area contributed by atoms with Crippen molar-refractivity contribution in [1.29, 1.82) is 0 Å². The summed E-state index contributed by atoms with van der Waals surface area (Å²) < 4.78 is 7.34. The van der Waals surface area contributed by atoms with Crippen molar-refractivity contribution in [3.8, 4) is 0 Å². The summed E-state index contributed by atoms with van der Waals surface area (Å²) in [4.78, 5) is 27.8. The van der Waals surface area contributed by atoms with Crippen LogP contribution in [0.15, 0.2) is 30.3 Å². The molecule has 0 saturated carbocycles. The number of likely N-dealkylation sites (tertiary alicyclic amines) is 1. The largest absolute Gasteiger partial charge is 0.381 e. The normalized spacial score (nSPS) is 18.5. The van der Waals surface area contributed by atoms with Gasteiger partial charge in [0.05, 0.1) is 34.3 Å². The monoisotopic (exact) mass is 444 g/mol. The van der Waals surface area contributed by atoms with Gasteiger partial charge in [0.15, 0.2) is 0 Å². The van der Waals surface area contributed by atoms with E-state index in [1.54, 1.807) is 0 Å². The molecule has 2 aliphatic rings. The molecule has 1 N–H and O–H groups in total. The molecule has 8 heteroatoms. The van der Waals surface area contributed by atoms with Crippen molar-refractivity contribution in [2.45, 2.75) is 38.6 Å². The molecule has 0 unspecified atom stereocenters. The van der Waals surface area contributed by atoms with Crippen LogP contribution in [0.5, 0.6) is 0 Å². The summed E-state index contributed by atoms with van der Waals surface area (Å²) in [5, 5.41) is 8.01. The van der Waals surface area contributed by atoms with Gasteiger partial charge in [0.1, 0.15) is 0 Å². The smallest absolute Gasteiger partial charge is 0.233 e. The van der Waals surface area contributed by atoms with Crippen molar-refractivity contribution in [2.75, 3.05) is 32.8 Å². The van der Waals surface area contributed by atoms with Gasteiger partial charge in [0.25, 0.3) is 0 Å². The number of aromatic nitrogens is 2. The molecule has 2 amide bonds. The summed E-state index contributed by atoms with van der Waals surface area (Å²) in [6.45, 7) is 6.91. The number of amides is 2. The minimum atomic E-state index is -0.546. The van der Waals surface area contributed by atoms with Crippen LogP contribution >= 0.6 is 11.6 Å². The van der Waals surface area contributed by atoms with Crippen LogP contribution < -0.4 is 5.32 Å². The lowest BCUT2D eigenvalue weighted by Crippen LogP contribution is -2.61. The molecule has 4 rings (SSSR count). The maximum atomic E-state index is 13.5. The van der Waals surface area contributed by atoms with Crippen LogP contribution in [0, 0.1) is 19.8 Å². The van der Waals surface area contributed by atoms with Gasteiger partial charge >= 0.3 is 0 Å². The fraction of sp³-hybridized carbons (Fsp3) is 0.522. The summed E-state index contributed by atoms with van der Waals surface area (Å²) >= 11 is 6.17. The van der Waals surface area contributed by atoms with Crippen LogP contribution in [0.25, 0.3) is 0 Å². The molecule has 2 aliphatic heterocycles. The number of hydrogen-bond acceptors (Lipinski definition) is 4. The number of rotatable bonds is 6. The van der Waals surface area contributed by atoms with Gasteiger partial charge in [-0.25, -0.2) is 0 Å². The van der Waals surface area contributed by atoms with Gasteiger partial charge in [-0.3, -0.25) is 14.3 Å². The van der Waals surface area contributed by atoms with Crippen molar-refractivity contribution in [3.63, 3.8) is 0 Å². The van der Waals surface area contributed by atoms with Gasteiger partial charge < -0.3 is 15.0 Å². The number of carbonyl (C=O) groups excluding carboxylic acids is 2. The number of carbonyl (C=O) groups is 2. The van der Waals surface area contributed by atoms with Gasteiger partial charge in [-0.05, 0) is 32.3 Å². The summed E-state index contributed by atoms with van der Waals surface area (Å²) in [5.41, 5.74) is 2.19. The van der Waals surface area contributed by atoms with Crippen molar-refractivity contribution < 1.29 is 14.3 Å². The Hall–Kier alpha value is -2.38. The molecule has 31 heavy (non-hydrogen) atoms. The van der Waals surface area contributed by atoms with Gasteiger partial charge in [0, 0.05) is 32.8 Å². The number of benzene rings is 1. The third-order valence-electron chi connectivity index (χ3n) is 6.54. The molecular formula is C23H29ClN4O3. The predicted molar refractivity (Wildman–Crippen MR) is 118 cm³/mol. The topological polar surface area (TPSA) is 76.5 Å². The SMILES string of the molecule is Cc1nn(CCNC(=O)C2CN(C(=O)C3(c4ccccc4)CCOCC3)C2)c(C)c1Cl. The lowest BCUT2D eigenvalue weighted by atomic mass is 9.72. The van der Waals surface area contributed by atoms with Crippen LogP contribution in [0.1, 0.15) is 29.8 Å². The first-order valence-corrected chi connectivity index (χ1v) is 11.2. The fourth-order valence-corrected chi connectivity index (χ4v) is 4.67. The summed E-state index contributed by atoms with van der Waals surface area (Å²) in [7, 11) is 0. The van der Waals surface area contributed by atoms with E-state index in [0.717, 1.165) is 17.0 Å². The highest BCUT2D eigenvalue weighted by Gasteiger charge is 2.48. The van der Waals surface area contributed by atoms with E-state index in [1.807, 2.05) is 53.8 Å². The lowest BCUT2D eigenvalue weighted by Gasteiger charge is -2.46. The third-order valence-corrected chi connectivity index (χ3v) is 7.08. The minimum absolute atomic E-state index is 0.0163. The highest BCUT2D eigenvalue weighted by molar-refractivity contribution is 6.31. The first-order valence-electron chi connectivity index (χ1n) is 10.8. The molecule has 0 radical (unpaired) electrons. The molecule has 0 spiro atoms. The third kappa shape index (κ3) is 4.21. The Kier molecular flexibility index (Phi) is 6.34. The molecule has 2 saturated heterocycles. The molecule has 3 heterocycles. The highest BCUT2D eigenvalue weighted by atomic mass is 35.5. The zero-order valence-corrected chi connectivity index (χ0v) is 18.8. The predicted octanol–water partition coefficient (Wildman–Crippen LogP) is 2.48. The number of hydrogen-bond donors (Lipinski definition) is 1. The molecule has 0 aliphatic carbocycles.